The van der Waals surface area contributed by atoms with E-state index in [4.69, 9.17) is 9.84 Å². The second kappa shape index (κ2) is 4.85. The number of rotatable bonds is 4. The molecule has 1 saturated heterocycles. The van der Waals surface area contributed by atoms with Crippen molar-refractivity contribution < 1.29 is 14.6 Å². The summed E-state index contributed by atoms with van der Waals surface area (Å²) in [5, 5.41) is 11.5. The van der Waals surface area contributed by atoms with E-state index in [0.29, 0.717) is 13.2 Å². The normalized spacial score (nSPS) is 21.5. The van der Waals surface area contributed by atoms with E-state index in [-0.39, 0.29) is 16.9 Å². The molecule has 0 unspecified atom stereocenters. The smallest absolute Gasteiger partial charge is 0.404 e. The molecule has 1 aliphatic heterocycles. The Bertz CT molecular complexity index is 448. The van der Waals surface area contributed by atoms with Crippen LogP contribution in [0.2, 0.25) is 0 Å². The monoisotopic (exact) mass is 263 g/mol. The fourth-order valence-electron chi connectivity index (χ4n) is 2.87. The van der Waals surface area contributed by atoms with E-state index in [1.54, 1.807) is 0 Å². The molecule has 1 aromatic carbocycles. The molecular weight excluding hydrogens is 242 g/mol. The first-order valence-electron chi connectivity index (χ1n) is 6.52. The molecule has 4 nitrogen and oxygen atoms in total. The average molecular weight is 263 g/mol. The molecular formula is C15H21NO3. The summed E-state index contributed by atoms with van der Waals surface area (Å²) in [7, 11) is 0. The van der Waals surface area contributed by atoms with Crippen molar-refractivity contribution >= 4 is 6.09 Å². The van der Waals surface area contributed by atoms with Crippen molar-refractivity contribution in [1.29, 1.82) is 0 Å². The third-order valence-corrected chi connectivity index (χ3v) is 4.03. The molecule has 1 heterocycles. The number of amides is 1. The zero-order valence-electron chi connectivity index (χ0n) is 11.6. The van der Waals surface area contributed by atoms with Gasteiger partial charge in [-0.1, -0.05) is 51.1 Å². The van der Waals surface area contributed by atoms with Crippen LogP contribution in [0.5, 0.6) is 0 Å². The second-order valence-corrected chi connectivity index (χ2v) is 6.07. The van der Waals surface area contributed by atoms with E-state index in [1.807, 2.05) is 18.2 Å². The predicted octanol–water partition coefficient (Wildman–Crippen LogP) is 2.64. The molecule has 0 bridgehead atoms. The minimum Gasteiger partial charge on any atom is -0.465 e. The van der Waals surface area contributed by atoms with Crippen LogP contribution in [0.25, 0.3) is 0 Å². The predicted molar refractivity (Wildman–Crippen MR) is 73.3 cm³/mol. The Morgan fingerprint density at radius 1 is 1.37 bits per heavy atom. The Balaban J connectivity index is 2.43. The molecule has 0 aromatic heterocycles. The van der Waals surface area contributed by atoms with E-state index in [2.05, 4.69) is 38.2 Å². The highest BCUT2D eigenvalue weighted by molar-refractivity contribution is 5.64. The molecule has 1 amide bonds. The van der Waals surface area contributed by atoms with Crippen LogP contribution in [0.4, 0.5) is 4.79 Å². The maximum absolute atomic E-state index is 10.9. The van der Waals surface area contributed by atoms with Gasteiger partial charge in [-0.3, -0.25) is 0 Å². The summed E-state index contributed by atoms with van der Waals surface area (Å²) in [6.45, 7) is 7.44. The van der Waals surface area contributed by atoms with E-state index >= 15 is 0 Å². The van der Waals surface area contributed by atoms with E-state index in [9.17, 15) is 4.79 Å². The highest BCUT2D eigenvalue weighted by Gasteiger charge is 2.55. The Morgan fingerprint density at radius 3 is 2.37 bits per heavy atom. The highest BCUT2D eigenvalue weighted by atomic mass is 16.6. The van der Waals surface area contributed by atoms with Crippen LogP contribution in [-0.2, 0) is 10.2 Å². The molecule has 2 N–H and O–H groups in total. The fourth-order valence-corrected chi connectivity index (χ4v) is 2.87. The van der Waals surface area contributed by atoms with Crippen molar-refractivity contribution in [3.8, 4) is 0 Å². The van der Waals surface area contributed by atoms with Crippen LogP contribution in [0.15, 0.2) is 30.3 Å². The van der Waals surface area contributed by atoms with Gasteiger partial charge in [0.05, 0.1) is 12.7 Å². The lowest BCUT2D eigenvalue weighted by Gasteiger charge is -2.44. The van der Waals surface area contributed by atoms with Gasteiger partial charge in [0.1, 0.15) is 0 Å². The zero-order chi connectivity index (χ0) is 14.1. The number of ether oxygens (including phenoxy) is 1. The van der Waals surface area contributed by atoms with E-state index in [1.165, 1.54) is 0 Å². The molecule has 0 radical (unpaired) electrons. The molecule has 1 aromatic rings. The largest absolute Gasteiger partial charge is 0.465 e. The number of carbonyl (C=O) groups is 1. The van der Waals surface area contributed by atoms with E-state index < -0.39 is 6.09 Å². The van der Waals surface area contributed by atoms with Crippen molar-refractivity contribution in [1.82, 2.24) is 5.32 Å². The Hall–Kier alpha value is -1.55. The average Bonchev–Trinajstić information content (AvgIpc) is 3.14. The third kappa shape index (κ3) is 2.59. The zero-order valence-corrected chi connectivity index (χ0v) is 11.6. The SMILES string of the molecule is CC(C)(C)[C@@](CNC(=O)O)(c1ccccc1)[C@H]1CO1. The minimum absolute atomic E-state index is 0.0711. The Morgan fingerprint density at radius 2 is 1.95 bits per heavy atom. The molecule has 104 valence electrons. The van der Waals surface area contributed by atoms with Gasteiger partial charge in [0.15, 0.2) is 0 Å². The topological polar surface area (TPSA) is 61.9 Å². The van der Waals surface area contributed by atoms with Crippen LogP contribution in [0, 0.1) is 5.41 Å². The molecule has 1 aliphatic rings. The molecule has 2 atom stereocenters. The van der Waals surface area contributed by atoms with Gasteiger partial charge >= 0.3 is 6.09 Å². The first-order chi connectivity index (χ1) is 8.88. The summed E-state index contributed by atoms with van der Waals surface area (Å²) in [6, 6.07) is 10.0. The van der Waals surface area contributed by atoms with Crippen molar-refractivity contribution in [2.24, 2.45) is 5.41 Å². The van der Waals surface area contributed by atoms with Gasteiger partial charge in [-0.25, -0.2) is 4.79 Å². The van der Waals surface area contributed by atoms with Crippen molar-refractivity contribution in [3.63, 3.8) is 0 Å². The van der Waals surface area contributed by atoms with E-state index in [0.717, 1.165) is 5.56 Å². The quantitative estimate of drug-likeness (QED) is 0.821. The molecule has 2 rings (SSSR count). The highest BCUT2D eigenvalue weighted by Crippen LogP contribution is 2.48. The van der Waals surface area contributed by atoms with Gasteiger partial charge in [-0.2, -0.15) is 0 Å². The molecule has 1 fully saturated rings. The van der Waals surface area contributed by atoms with Crippen LogP contribution in [0.3, 0.4) is 0 Å². The molecule has 4 heteroatoms. The van der Waals surface area contributed by atoms with Gasteiger partial charge in [-0.05, 0) is 11.0 Å². The van der Waals surface area contributed by atoms with Crippen molar-refractivity contribution in [2.75, 3.05) is 13.2 Å². The fraction of sp³-hybridized carbons (Fsp3) is 0.533. The van der Waals surface area contributed by atoms with Crippen LogP contribution >= 0.6 is 0 Å². The summed E-state index contributed by atoms with van der Waals surface area (Å²) in [5.74, 6) is 0. The molecule has 19 heavy (non-hydrogen) atoms. The van der Waals surface area contributed by atoms with Crippen LogP contribution in [0.1, 0.15) is 26.3 Å². The number of hydrogen-bond donors (Lipinski definition) is 2. The van der Waals surface area contributed by atoms with Crippen LogP contribution < -0.4 is 5.32 Å². The second-order valence-electron chi connectivity index (χ2n) is 6.07. The lowest BCUT2D eigenvalue weighted by molar-refractivity contribution is 0.125. The number of nitrogens with one attached hydrogen (secondary N) is 1. The van der Waals surface area contributed by atoms with Gasteiger partial charge in [0.25, 0.3) is 0 Å². The summed E-state index contributed by atoms with van der Waals surface area (Å²) in [5.41, 5.74) is 0.670. The Labute approximate surface area is 113 Å². The van der Waals surface area contributed by atoms with Gasteiger partial charge < -0.3 is 15.2 Å². The molecule has 0 spiro atoms. The summed E-state index contributed by atoms with van der Waals surface area (Å²) in [4.78, 5) is 10.9. The standard InChI is InChI=1S/C15H21NO3/c1-14(2,3)15(12-9-19-12,10-16-13(17)18)11-7-5-4-6-8-11/h4-8,12,16H,9-10H2,1-3H3,(H,17,18)/t12-,15+/m1/s1. The van der Waals surface area contributed by atoms with Crippen LogP contribution in [-0.4, -0.2) is 30.5 Å². The molecule has 0 saturated carbocycles. The maximum Gasteiger partial charge on any atom is 0.404 e. The first-order valence-corrected chi connectivity index (χ1v) is 6.52. The lowest BCUT2D eigenvalue weighted by atomic mass is 9.60. The summed E-state index contributed by atoms with van der Waals surface area (Å²) >= 11 is 0. The molecule has 0 aliphatic carbocycles. The maximum atomic E-state index is 10.9. The van der Waals surface area contributed by atoms with Gasteiger partial charge in [0.2, 0.25) is 0 Å². The Kier molecular flexibility index (Phi) is 3.54. The summed E-state index contributed by atoms with van der Waals surface area (Å²) < 4.78 is 5.55. The van der Waals surface area contributed by atoms with Crippen molar-refractivity contribution in [3.05, 3.63) is 35.9 Å². The lowest BCUT2D eigenvalue weighted by Crippen LogP contribution is -2.53. The van der Waals surface area contributed by atoms with Gasteiger partial charge in [-0.15, -0.1) is 0 Å². The number of carboxylic acid groups (broad SMARTS) is 1. The van der Waals surface area contributed by atoms with Gasteiger partial charge in [0, 0.05) is 12.0 Å². The summed E-state index contributed by atoms with van der Waals surface area (Å²) in [6.07, 6.45) is -0.924. The first kappa shape index (κ1) is 13.9. The number of epoxide rings is 1. The minimum atomic E-state index is -0.995. The number of benzene rings is 1. The van der Waals surface area contributed by atoms with Crippen molar-refractivity contribution in [2.45, 2.75) is 32.3 Å². The number of hydrogen-bond acceptors (Lipinski definition) is 2. The third-order valence-electron chi connectivity index (χ3n) is 4.03.